The molecule has 1 aliphatic carbocycles. The van der Waals surface area contributed by atoms with Crippen molar-refractivity contribution < 1.29 is 0 Å². The summed E-state index contributed by atoms with van der Waals surface area (Å²) in [5, 5.41) is 3.40. The largest absolute Gasteiger partial charge is 0.314 e. The molecular weight excluding hydrogens is 198 g/mol. The number of hydrogen-bond donors (Lipinski definition) is 1. The molecule has 2 aliphatic rings. The number of hydrogen-bond acceptors (Lipinski definition) is 3. The Morgan fingerprint density at radius 2 is 1.94 bits per heavy atom. The van der Waals surface area contributed by atoms with Crippen LogP contribution in [0.3, 0.4) is 0 Å². The fraction of sp³-hybridized carbons (Fsp3) is 1.00. The normalized spacial score (nSPS) is 23.6. The molecule has 0 aromatic rings. The first-order valence-electron chi connectivity index (χ1n) is 6.99. The van der Waals surface area contributed by atoms with Gasteiger partial charge in [-0.2, -0.15) is 0 Å². The van der Waals surface area contributed by atoms with Crippen LogP contribution in [0.25, 0.3) is 0 Å². The number of rotatable bonds is 6. The minimum Gasteiger partial charge on any atom is -0.314 e. The fourth-order valence-electron chi connectivity index (χ4n) is 2.64. The van der Waals surface area contributed by atoms with E-state index in [1.54, 1.807) is 0 Å². The minimum absolute atomic E-state index is 0.916. The van der Waals surface area contributed by atoms with Crippen molar-refractivity contribution in [1.82, 2.24) is 15.1 Å². The summed E-state index contributed by atoms with van der Waals surface area (Å²) in [6, 6.07) is 0.916. The first kappa shape index (κ1) is 12.3. The van der Waals surface area contributed by atoms with Crippen LogP contribution in [0.4, 0.5) is 0 Å². The highest BCUT2D eigenvalue weighted by Crippen LogP contribution is 2.23. The molecule has 0 amide bonds. The zero-order valence-corrected chi connectivity index (χ0v) is 10.7. The Morgan fingerprint density at radius 1 is 1.19 bits per heavy atom. The third-order valence-electron chi connectivity index (χ3n) is 4.14. The van der Waals surface area contributed by atoms with Crippen molar-refractivity contribution >= 4 is 0 Å². The summed E-state index contributed by atoms with van der Waals surface area (Å²) in [5.74, 6) is 0. The van der Waals surface area contributed by atoms with Gasteiger partial charge in [0.15, 0.2) is 0 Å². The fourth-order valence-corrected chi connectivity index (χ4v) is 2.64. The van der Waals surface area contributed by atoms with Crippen molar-refractivity contribution in [2.75, 3.05) is 46.3 Å². The summed E-state index contributed by atoms with van der Waals surface area (Å²) >= 11 is 0. The molecule has 3 heteroatoms. The van der Waals surface area contributed by atoms with Crippen LogP contribution < -0.4 is 5.32 Å². The van der Waals surface area contributed by atoms with E-state index in [0.717, 1.165) is 6.04 Å². The summed E-state index contributed by atoms with van der Waals surface area (Å²) in [5.41, 5.74) is 0. The molecule has 1 saturated carbocycles. The lowest BCUT2D eigenvalue weighted by atomic mass is 9.92. The van der Waals surface area contributed by atoms with Crippen LogP contribution in [-0.4, -0.2) is 62.2 Å². The molecule has 0 unspecified atom stereocenters. The van der Waals surface area contributed by atoms with Crippen molar-refractivity contribution in [1.29, 1.82) is 0 Å². The second-order valence-electron chi connectivity index (χ2n) is 5.36. The quantitative estimate of drug-likeness (QED) is 0.684. The third kappa shape index (κ3) is 3.72. The maximum atomic E-state index is 3.40. The van der Waals surface area contributed by atoms with Gasteiger partial charge in [-0.25, -0.2) is 0 Å². The van der Waals surface area contributed by atoms with Gasteiger partial charge in [-0.05, 0) is 45.8 Å². The number of unbranched alkanes of at least 4 members (excludes halogenated alkanes) is 1. The molecule has 1 heterocycles. The predicted molar refractivity (Wildman–Crippen MR) is 68.8 cm³/mol. The third-order valence-corrected chi connectivity index (χ3v) is 4.14. The highest BCUT2D eigenvalue weighted by atomic mass is 15.2. The zero-order valence-electron chi connectivity index (χ0n) is 10.7. The predicted octanol–water partition coefficient (Wildman–Crippen LogP) is 1.16. The van der Waals surface area contributed by atoms with Gasteiger partial charge in [0.25, 0.3) is 0 Å². The first-order chi connectivity index (χ1) is 7.86. The Balaban J connectivity index is 1.47. The lowest BCUT2D eigenvalue weighted by molar-refractivity contribution is 0.153. The molecule has 0 radical (unpaired) electrons. The molecule has 2 rings (SSSR count). The average Bonchev–Trinajstić information content (AvgIpc) is 2.23. The maximum absolute atomic E-state index is 3.40. The number of nitrogens with zero attached hydrogens (tertiary/aromatic N) is 2. The monoisotopic (exact) mass is 225 g/mol. The summed E-state index contributed by atoms with van der Waals surface area (Å²) in [6.07, 6.45) is 7.08. The Labute approximate surface area is 100 Å². The highest BCUT2D eigenvalue weighted by molar-refractivity contribution is 4.77. The molecule has 0 bridgehead atoms. The van der Waals surface area contributed by atoms with Gasteiger partial charge >= 0.3 is 0 Å². The SMILES string of the molecule is CN(CCCCN1CCNCC1)C1CCC1. The smallest absolute Gasteiger partial charge is 0.0107 e. The molecule has 1 saturated heterocycles. The van der Waals surface area contributed by atoms with Gasteiger partial charge in [0.2, 0.25) is 0 Å². The molecule has 0 spiro atoms. The van der Waals surface area contributed by atoms with E-state index in [4.69, 9.17) is 0 Å². The van der Waals surface area contributed by atoms with Crippen molar-refractivity contribution in [2.24, 2.45) is 0 Å². The molecular formula is C13H27N3. The Morgan fingerprint density at radius 3 is 2.56 bits per heavy atom. The van der Waals surface area contributed by atoms with Crippen LogP contribution in [-0.2, 0) is 0 Å². The zero-order chi connectivity index (χ0) is 11.2. The molecule has 16 heavy (non-hydrogen) atoms. The van der Waals surface area contributed by atoms with Crippen molar-refractivity contribution in [3.05, 3.63) is 0 Å². The average molecular weight is 225 g/mol. The molecule has 3 nitrogen and oxygen atoms in total. The lowest BCUT2D eigenvalue weighted by Gasteiger charge is -2.35. The van der Waals surface area contributed by atoms with E-state index in [1.165, 1.54) is 71.4 Å². The van der Waals surface area contributed by atoms with E-state index in [1.807, 2.05) is 0 Å². The van der Waals surface area contributed by atoms with Crippen LogP contribution >= 0.6 is 0 Å². The second kappa shape index (κ2) is 6.58. The summed E-state index contributed by atoms with van der Waals surface area (Å²) in [4.78, 5) is 5.17. The molecule has 1 aliphatic heterocycles. The van der Waals surface area contributed by atoms with Gasteiger partial charge in [0, 0.05) is 32.2 Å². The van der Waals surface area contributed by atoms with E-state index >= 15 is 0 Å². The minimum atomic E-state index is 0.916. The number of piperazine rings is 1. The van der Waals surface area contributed by atoms with E-state index in [2.05, 4.69) is 22.2 Å². The molecule has 0 aromatic carbocycles. The van der Waals surface area contributed by atoms with Gasteiger partial charge in [-0.3, -0.25) is 0 Å². The number of nitrogens with one attached hydrogen (secondary N) is 1. The van der Waals surface area contributed by atoms with E-state index in [9.17, 15) is 0 Å². The standard InChI is InChI=1S/C13H27N3/c1-15(13-5-4-6-13)9-2-3-10-16-11-7-14-8-12-16/h13-14H,2-12H2,1H3. The molecule has 0 aromatic heterocycles. The van der Waals surface area contributed by atoms with Crippen molar-refractivity contribution in [3.63, 3.8) is 0 Å². The van der Waals surface area contributed by atoms with Crippen LogP contribution in [0.5, 0.6) is 0 Å². The second-order valence-corrected chi connectivity index (χ2v) is 5.36. The Bertz CT molecular complexity index is 182. The summed E-state index contributed by atoms with van der Waals surface area (Å²) in [6.45, 7) is 7.47. The van der Waals surface area contributed by atoms with E-state index in [0.29, 0.717) is 0 Å². The van der Waals surface area contributed by atoms with Crippen molar-refractivity contribution in [3.8, 4) is 0 Å². The van der Waals surface area contributed by atoms with Gasteiger partial charge < -0.3 is 15.1 Å². The van der Waals surface area contributed by atoms with Gasteiger partial charge in [0.1, 0.15) is 0 Å². The first-order valence-corrected chi connectivity index (χ1v) is 6.99. The summed E-state index contributed by atoms with van der Waals surface area (Å²) < 4.78 is 0. The Hall–Kier alpha value is -0.120. The van der Waals surface area contributed by atoms with Gasteiger partial charge in [0.05, 0.1) is 0 Å². The van der Waals surface area contributed by atoms with Crippen LogP contribution in [0.2, 0.25) is 0 Å². The van der Waals surface area contributed by atoms with Crippen LogP contribution in [0.15, 0.2) is 0 Å². The molecule has 2 fully saturated rings. The van der Waals surface area contributed by atoms with Crippen LogP contribution in [0.1, 0.15) is 32.1 Å². The van der Waals surface area contributed by atoms with E-state index in [-0.39, 0.29) is 0 Å². The van der Waals surface area contributed by atoms with Crippen LogP contribution in [0, 0.1) is 0 Å². The Kier molecular flexibility index (Phi) is 5.07. The topological polar surface area (TPSA) is 18.5 Å². The summed E-state index contributed by atoms with van der Waals surface area (Å²) in [7, 11) is 2.30. The molecule has 0 atom stereocenters. The maximum Gasteiger partial charge on any atom is 0.0107 e. The molecule has 1 N–H and O–H groups in total. The molecule has 94 valence electrons. The highest BCUT2D eigenvalue weighted by Gasteiger charge is 2.21. The van der Waals surface area contributed by atoms with Gasteiger partial charge in [-0.15, -0.1) is 0 Å². The van der Waals surface area contributed by atoms with E-state index < -0.39 is 0 Å². The van der Waals surface area contributed by atoms with Crippen molar-refractivity contribution in [2.45, 2.75) is 38.1 Å². The van der Waals surface area contributed by atoms with Gasteiger partial charge in [-0.1, -0.05) is 6.42 Å². The lowest BCUT2D eigenvalue weighted by Crippen LogP contribution is -2.44.